The van der Waals surface area contributed by atoms with E-state index in [2.05, 4.69) is 6.58 Å². The molecule has 0 fully saturated rings. The van der Waals surface area contributed by atoms with Crippen molar-refractivity contribution in [3.8, 4) is 0 Å². The van der Waals surface area contributed by atoms with E-state index in [9.17, 15) is 9.59 Å². The minimum Gasteiger partial charge on any atom is -0.463 e. The summed E-state index contributed by atoms with van der Waals surface area (Å²) in [7, 11) is 0. The molecule has 19 heavy (non-hydrogen) atoms. The van der Waals surface area contributed by atoms with E-state index in [1.54, 1.807) is 31.2 Å². The molecule has 0 aliphatic carbocycles. The molecule has 0 saturated carbocycles. The topological polar surface area (TPSA) is 52.6 Å². The van der Waals surface area contributed by atoms with Crippen LogP contribution in [-0.2, 0) is 19.1 Å². The summed E-state index contributed by atoms with van der Waals surface area (Å²) in [5.74, 6) is -1.12. The van der Waals surface area contributed by atoms with E-state index in [4.69, 9.17) is 21.1 Å². The first kappa shape index (κ1) is 15.2. The number of esters is 2. The lowest BCUT2D eigenvalue weighted by Crippen LogP contribution is -2.18. The van der Waals surface area contributed by atoms with E-state index in [0.29, 0.717) is 10.6 Å². The smallest absolute Gasteiger partial charge is 0.337 e. The third kappa shape index (κ3) is 4.41. The Balaban J connectivity index is 3.04. The van der Waals surface area contributed by atoms with E-state index >= 15 is 0 Å². The fourth-order valence-corrected chi connectivity index (χ4v) is 1.71. The highest BCUT2D eigenvalue weighted by Gasteiger charge is 2.24. The molecule has 0 spiro atoms. The van der Waals surface area contributed by atoms with Gasteiger partial charge in [-0.15, -0.1) is 0 Å². The van der Waals surface area contributed by atoms with Gasteiger partial charge in [0.1, 0.15) is 0 Å². The van der Waals surface area contributed by atoms with Crippen LogP contribution < -0.4 is 0 Å². The van der Waals surface area contributed by atoms with Gasteiger partial charge in [0.05, 0.1) is 12.2 Å². The van der Waals surface area contributed by atoms with Gasteiger partial charge in [0.2, 0.25) is 0 Å². The summed E-state index contributed by atoms with van der Waals surface area (Å²) in [5, 5.41) is 0.478. The van der Waals surface area contributed by atoms with Gasteiger partial charge in [-0.25, -0.2) is 4.79 Å². The molecule has 102 valence electrons. The number of hydrogen-bond donors (Lipinski definition) is 0. The van der Waals surface area contributed by atoms with E-state index in [-0.39, 0.29) is 12.2 Å². The molecule has 0 N–H and O–H groups in total. The Hall–Kier alpha value is -1.81. The lowest BCUT2D eigenvalue weighted by molar-refractivity contribution is -0.147. The van der Waals surface area contributed by atoms with Gasteiger partial charge in [0.25, 0.3) is 0 Å². The predicted molar refractivity (Wildman–Crippen MR) is 71.7 cm³/mol. The summed E-state index contributed by atoms with van der Waals surface area (Å²) in [6.45, 7) is 6.81. The van der Waals surface area contributed by atoms with Crippen LogP contribution in [0.5, 0.6) is 0 Å². The molecule has 1 atom stereocenters. The fraction of sp³-hybridized carbons (Fsp3) is 0.286. The van der Waals surface area contributed by atoms with Crippen LogP contribution in [0.2, 0.25) is 5.02 Å². The normalized spacial score (nSPS) is 11.5. The third-order valence-corrected chi connectivity index (χ3v) is 2.52. The van der Waals surface area contributed by atoms with Gasteiger partial charge in [-0.3, -0.25) is 4.79 Å². The van der Waals surface area contributed by atoms with Crippen LogP contribution in [0.15, 0.2) is 36.4 Å². The zero-order chi connectivity index (χ0) is 14.4. The average Bonchev–Trinajstić information content (AvgIpc) is 2.35. The Bertz CT molecular complexity index is 496. The van der Waals surface area contributed by atoms with Crippen molar-refractivity contribution in [2.24, 2.45) is 0 Å². The maximum absolute atomic E-state index is 11.7. The van der Waals surface area contributed by atoms with Crippen molar-refractivity contribution >= 4 is 23.5 Å². The molecule has 0 radical (unpaired) electrons. The van der Waals surface area contributed by atoms with Crippen molar-refractivity contribution < 1.29 is 19.1 Å². The Morgan fingerprint density at radius 2 is 2.11 bits per heavy atom. The van der Waals surface area contributed by atoms with Gasteiger partial charge in [0.15, 0.2) is 6.10 Å². The minimum atomic E-state index is -0.893. The minimum absolute atomic E-state index is 0.0549. The summed E-state index contributed by atoms with van der Waals surface area (Å²) in [6.07, 6.45) is -0.893. The molecule has 0 aromatic heterocycles. The van der Waals surface area contributed by atoms with Crippen molar-refractivity contribution in [2.45, 2.75) is 20.0 Å². The maximum atomic E-state index is 11.7. The van der Waals surface area contributed by atoms with Gasteiger partial charge in [-0.1, -0.05) is 30.3 Å². The molecule has 0 bridgehead atoms. The zero-order valence-electron chi connectivity index (χ0n) is 10.8. The standard InChI is InChI=1S/C14H15ClO4/c1-4-18-14(17)9(2)13(19-10(3)16)11-6-5-7-12(15)8-11/h5-8,13H,2,4H2,1,3H3. The third-order valence-electron chi connectivity index (χ3n) is 2.29. The van der Waals surface area contributed by atoms with E-state index in [1.165, 1.54) is 6.92 Å². The molecule has 1 unspecified atom stereocenters. The molecule has 1 rings (SSSR count). The Labute approximate surface area is 117 Å². The first-order valence-electron chi connectivity index (χ1n) is 5.74. The van der Waals surface area contributed by atoms with Crippen LogP contribution in [0.1, 0.15) is 25.5 Å². The summed E-state index contributed by atoms with van der Waals surface area (Å²) in [4.78, 5) is 22.8. The molecule has 0 aliphatic rings. The number of carbonyl (C=O) groups excluding carboxylic acids is 2. The zero-order valence-corrected chi connectivity index (χ0v) is 11.6. The van der Waals surface area contributed by atoms with Crippen LogP contribution in [0.3, 0.4) is 0 Å². The number of benzene rings is 1. The SMILES string of the molecule is C=C(C(=O)OCC)C(OC(C)=O)c1cccc(Cl)c1. The highest BCUT2D eigenvalue weighted by molar-refractivity contribution is 6.30. The van der Waals surface area contributed by atoms with E-state index in [0.717, 1.165) is 0 Å². The quantitative estimate of drug-likeness (QED) is 0.615. The molecule has 1 aromatic carbocycles. The number of rotatable bonds is 5. The molecule has 1 aromatic rings. The van der Waals surface area contributed by atoms with Crippen LogP contribution in [0.25, 0.3) is 0 Å². The van der Waals surface area contributed by atoms with Crippen molar-refractivity contribution in [1.82, 2.24) is 0 Å². The second-order valence-corrected chi connectivity index (χ2v) is 4.23. The van der Waals surface area contributed by atoms with Crippen LogP contribution in [0.4, 0.5) is 0 Å². The van der Waals surface area contributed by atoms with Gasteiger partial charge in [-0.2, -0.15) is 0 Å². The molecule has 0 saturated heterocycles. The van der Waals surface area contributed by atoms with Gasteiger partial charge >= 0.3 is 11.9 Å². The van der Waals surface area contributed by atoms with Crippen molar-refractivity contribution in [3.63, 3.8) is 0 Å². The molecular weight excluding hydrogens is 268 g/mol. The van der Waals surface area contributed by atoms with Crippen molar-refractivity contribution in [2.75, 3.05) is 6.61 Å². The first-order valence-corrected chi connectivity index (χ1v) is 6.12. The highest BCUT2D eigenvalue weighted by Crippen LogP contribution is 2.27. The van der Waals surface area contributed by atoms with Crippen LogP contribution in [0, 0.1) is 0 Å². The molecule has 4 nitrogen and oxygen atoms in total. The molecular formula is C14H15ClO4. The summed E-state index contributed by atoms with van der Waals surface area (Å²) >= 11 is 5.88. The monoisotopic (exact) mass is 282 g/mol. The lowest BCUT2D eigenvalue weighted by Gasteiger charge is -2.19. The number of halogens is 1. The first-order chi connectivity index (χ1) is 8.95. The number of hydrogen-bond acceptors (Lipinski definition) is 4. The number of carbonyl (C=O) groups is 2. The summed E-state index contributed by atoms with van der Waals surface area (Å²) in [6, 6.07) is 6.69. The molecule has 0 aliphatic heterocycles. The predicted octanol–water partition coefficient (Wildman–Crippen LogP) is 3.06. The lowest BCUT2D eigenvalue weighted by atomic mass is 10.0. The summed E-state index contributed by atoms with van der Waals surface area (Å²) < 4.78 is 9.98. The van der Waals surface area contributed by atoms with Crippen molar-refractivity contribution in [3.05, 3.63) is 47.0 Å². The second-order valence-electron chi connectivity index (χ2n) is 3.79. The Kier molecular flexibility index (Phi) is 5.57. The van der Waals surface area contributed by atoms with Crippen molar-refractivity contribution in [1.29, 1.82) is 0 Å². The van der Waals surface area contributed by atoms with E-state index < -0.39 is 18.0 Å². The maximum Gasteiger partial charge on any atom is 0.337 e. The number of ether oxygens (including phenoxy) is 2. The van der Waals surface area contributed by atoms with Crippen LogP contribution in [-0.4, -0.2) is 18.5 Å². The average molecular weight is 283 g/mol. The second kappa shape index (κ2) is 6.95. The van der Waals surface area contributed by atoms with Gasteiger partial charge in [0, 0.05) is 11.9 Å². The molecule has 5 heteroatoms. The van der Waals surface area contributed by atoms with E-state index in [1.807, 2.05) is 0 Å². The highest BCUT2D eigenvalue weighted by atomic mass is 35.5. The molecule has 0 amide bonds. The van der Waals surface area contributed by atoms with Gasteiger partial charge in [-0.05, 0) is 24.6 Å². The summed E-state index contributed by atoms with van der Waals surface area (Å²) in [5.41, 5.74) is 0.625. The Morgan fingerprint density at radius 1 is 1.42 bits per heavy atom. The largest absolute Gasteiger partial charge is 0.463 e. The van der Waals surface area contributed by atoms with Gasteiger partial charge < -0.3 is 9.47 Å². The Morgan fingerprint density at radius 3 is 2.63 bits per heavy atom. The van der Waals surface area contributed by atoms with Crippen LogP contribution >= 0.6 is 11.6 Å². The molecule has 0 heterocycles. The fourth-order valence-electron chi connectivity index (χ4n) is 1.51.